The van der Waals surface area contributed by atoms with E-state index in [-0.39, 0.29) is 24.3 Å². The van der Waals surface area contributed by atoms with E-state index < -0.39 is 0 Å². The lowest BCUT2D eigenvalue weighted by Gasteiger charge is -2.31. The molecule has 0 saturated carbocycles. The number of rotatable bonds is 3. The van der Waals surface area contributed by atoms with Gasteiger partial charge in [0.1, 0.15) is 12.4 Å². The lowest BCUT2D eigenvalue weighted by Crippen LogP contribution is -2.45. The van der Waals surface area contributed by atoms with Crippen LogP contribution in [0.3, 0.4) is 0 Å². The number of piperidine rings is 1. The van der Waals surface area contributed by atoms with Crippen LogP contribution >= 0.6 is 0 Å². The molecule has 1 aliphatic rings. The predicted molar refractivity (Wildman–Crippen MR) is 65.1 cm³/mol. The second-order valence-electron chi connectivity index (χ2n) is 4.52. The molecule has 2 heterocycles. The van der Waals surface area contributed by atoms with Crippen molar-refractivity contribution in [3.63, 3.8) is 0 Å². The standard InChI is InChI=1S/C11H17N5O2/c12-9-3-5-16(14-9)7-10(17)15-4-1-2-8(6-15)11(13)18/h3,5,8H,1-2,4,6-7H2,(H2,12,14)(H2,13,18). The van der Waals surface area contributed by atoms with Gasteiger partial charge in [-0.1, -0.05) is 0 Å². The fraction of sp³-hybridized carbons (Fsp3) is 0.545. The van der Waals surface area contributed by atoms with Gasteiger partial charge in [-0.25, -0.2) is 0 Å². The highest BCUT2D eigenvalue weighted by atomic mass is 16.2. The van der Waals surface area contributed by atoms with Gasteiger partial charge < -0.3 is 16.4 Å². The van der Waals surface area contributed by atoms with Gasteiger partial charge in [-0.15, -0.1) is 0 Å². The molecule has 1 aromatic rings. The van der Waals surface area contributed by atoms with Crippen molar-refractivity contribution in [3.8, 4) is 0 Å². The van der Waals surface area contributed by atoms with Crippen LogP contribution in [0, 0.1) is 5.92 Å². The SMILES string of the molecule is NC(=O)C1CCCN(C(=O)Cn2ccc(N)n2)C1. The Labute approximate surface area is 105 Å². The van der Waals surface area contributed by atoms with Crippen molar-refractivity contribution in [1.29, 1.82) is 0 Å². The third-order valence-electron chi connectivity index (χ3n) is 3.14. The first-order valence-corrected chi connectivity index (χ1v) is 5.92. The van der Waals surface area contributed by atoms with E-state index in [1.807, 2.05) is 0 Å². The maximum Gasteiger partial charge on any atom is 0.244 e. The Bertz CT molecular complexity index is 456. The summed E-state index contributed by atoms with van der Waals surface area (Å²) in [6.45, 7) is 1.22. The smallest absolute Gasteiger partial charge is 0.244 e. The average molecular weight is 251 g/mol. The number of nitrogen functional groups attached to an aromatic ring is 1. The molecule has 7 heteroatoms. The number of primary amides is 1. The van der Waals surface area contributed by atoms with Crippen molar-refractivity contribution in [1.82, 2.24) is 14.7 Å². The van der Waals surface area contributed by atoms with Crippen LogP contribution in [0.15, 0.2) is 12.3 Å². The van der Waals surface area contributed by atoms with E-state index in [0.29, 0.717) is 18.9 Å². The first-order valence-electron chi connectivity index (χ1n) is 5.92. The maximum atomic E-state index is 12.0. The van der Waals surface area contributed by atoms with Gasteiger partial charge in [0.2, 0.25) is 11.8 Å². The maximum absolute atomic E-state index is 12.0. The highest BCUT2D eigenvalue weighted by Gasteiger charge is 2.26. The Morgan fingerprint density at radius 3 is 2.89 bits per heavy atom. The summed E-state index contributed by atoms with van der Waals surface area (Å²) in [6.07, 6.45) is 3.22. The van der Waals surface area contributed by atoms with Crippen molar-refractivity contribution < 1.29 is 9.59 Å². The largest absolute Gasteiger partial charge is 0.382 e. The molecule has 1 unspecified atom stereocenters. The minimum absolute atomic E-state index is 0.0657. The Balaban J connectivity index is 1.94. The molecule has 1 atom stereocenters. The highest BCUT2D eigenvalue weighted by molar-refractivity contribution is 5.80. The van der Waals surface area contributed by atoms with E-state index in [4.69, 9.17) is 11.5 Å². The summed E-state index contributed by atoms with van der Waals surface area (Å²) in [5.41, 5.74) is 10.8. The zero-order valence-electron chi connectivity index (χ0n) is 10.1. The Morgan fingerprint density at radius 2 is 2.28 bits per heavy atom. The average Bonchev–Trinajstić information content (AvgIpc) is 2.75. The lowest BCUT2D eigenvalue weighted by atomic mass is 9.97. The van der Waals surface area contributed by atoms with E-state index in [2.05, 4.69) is 5.10 Å². The molecule has 0 radical (unpaired) electrons. The molecule has 4 N–H and O–H groups in total. The summed E-state index contributed by atoms with van der Waals surface area (Å²) in [5, 5.41) is 3.95. The van der Waals surface area contributed by atoms with E-state index in [9.17, 15) is 9.59 Å². The van der Waals surface area contributed by atoms with Gasteiger partial charge in [-0.3, -0.25) is 14.3 Å². The van der Waals surface area contributed by atoms with Crippen molar-refractivity contribution in [2.75, 3.05) is 18.8 Å². The van der Waals surface area contributed by atoms with Crippen molar-refractivity contribution in [2.45, 2.75) is 19.4 Å². The number of nitrogens with two attached hydrogens (primary N) is 2. The number of carbonyl (C=O) groups is 2. The van der Waals surface area contributed by atoms with Crippen LogP contribution in [0.2, 0.25) is 0 Å². The number of anilines is 1. The fourth-order valence-electron chi connectivity index (χ4n) is 2.14. The normalized spacial score (nSPS) is 19.8. The van der Waals surface area contributed by atoms with Crippen LogP contribution in [0.5, 0.6) is 0 Å². The minimum Gasteiger partial charge on any atom is -0.382 e. The fourth-order valence-corrected chi connectivity index (χ4v) is 2.14. The number of aromatic nitrogens is 2. The quantitative estimate of drug-likeness (QED) is 0.732. The first kappa shape index (κ1) is 12.4. The van der Waals surface area contributed by atoms with Crippen molar-refractivity contribution >= 4 is 17.6 Å². The number of carbonyl (C=O) groups excluding carboxylic acids is 2. The third kappa shape index (κ3) is 2.79. The van der Waals surface area contributed by atoms with Gasteiger partial charge in [0.25, 0.3) is 0 Å². The van der Waals surface area contributed by atoms with Crippen molar-refractivity contribution in [2.24, 2.45) is 11.7 Å². The first-order chi connectivity index (χ1) is 8.56. The summed E-state index contributed by atoms with van der Waals surface area (Å²) in [4.78, 5) is 24.8. The molecule has 2 rings (SSSR count). The monoisotopic (exact) mass is 251 g/mol. The number of hydrogen-bond acceptors (Lipinski definition) is 4. The highest BCUT2D eigenvalue weighted by Crippen LogP contribution is 2.16. The molecule has 7 nitrogen and oxygen atoms in total. The summed E-state index contributed by atoms with van der Waals surface area (Å²) in [5.74, 6) is -0.248. The minimum atomic E-state index is -0.337. The number of amides is 2. The lowest BCUT2D eigenvalue weighted by molar-refractivity contribution is -0.135. The van der Waals surface area contributed by atoms with Gasteiger partial charge in [0.15, 0.2) is 0 Å². The van der Waals surface area contributed by atoms with E-state index in [1.54, 1.807) is 17.2 Å². The predicted octanol–water partition coefficient (Wildman–Crippen LogP) is -0.811. The van der Waals surface area contributed by atoms with Gasteiger partial charge in [-0.2, -0.15) is 5.10 Å². The molecule has 1 saturated heterocycles. The Kier molecular flexibility index (Phi) is 3.50. The zero-order chi connectivity index (χ0) is 13.1. The molecule has 98 valence electrons. The molecule has 2 amide bonds. The van der Waals surface area contributed by atoms with Gasteiger partial charge in [-0.05, 0) is 18.9 Å². The molecule has 0 aliphatic carbocycles. The number of likely N-dealkylation sites (tertiary alicyclic amines) is 1. The van der Waals surface area contributed by atoms with Crippen molar-refractivity contribution in [3.05, 3.63) is 12.3 Å². The molecule has 1 aromatic heterocycles. The van der Waals surface area contributed by atoms with Crippen LogP contribution in [0.1, 0.15) is 12.8 Å². The van der Waals surface area contributed by atoms with Crippen LogP contribution < -0.4 is 11.5 Å². The molecular formula is C11H17N5O2. The topological polar surface area (TPSA) is 107 Å². The Hall–Kier alpha value is -2.05. The van der Waals surface area contributed by atoms with Crippen LogP contribution in [-0.4, -0.2) is 39.6 Å². The van der Waals surface area contributed by atoms with Crippen LogP contribution in [0.4, 0.5) is 5.82 Å². The summed E-state index contributed by atoms with van der Waals surface area (Å²) in [7, 11) is 0. The summed E-state index contributed by atoms with van der Waals surface area (Å²) < 4.78 is 1.49. The van der Waals surface area contributed by atoms with Crippen LogP contribution in [-0.2, 0) is 16.1 Å². The summed E-state index contributed by atoms with van der Waals surface area (Å²) in [6, 6.07) is 1.63. The Morgan fingerprint density at radius 1 is 1.50 bits per heavy atom. The van der Waals surface area contributed by atoms with Crippen LogP contribution in [0.25, 0.3) is 0 Å². The molecular weight excluding hydrogens is 234 g/mol. The van der Waals surface area contributed by atoms with Gasteiger partial charge in [0.05, 0.1) is 5.92 Å². The van der Waals surface area contributed by atoms with E-state index >= 15 is 0 Å². The third-order valence-corrected chi connectivity index (χ3v) is 3.14. The zero-order valence-corrected chi connectivity index (χ0v) is 10.1. The second kappa shape index (κ2) is 5.07. The molecule has 1 aliphatic heterocycles. The molecule has 0 spiro atoms. The van der Waals surface area contributed by atoms with E-state index in [0.717, 1.165) is 12.8 Å². The summed E-state index contributed by atoms with van der Waals surface area (Å²) >= 11 is 0. The second-order valence-corrected chi connectivity index (χ2v) is 4.52. The van der Waals surface area contributed by atoms with E-state index in [1.165, 1.54) is 4.68 Å². The molecule has 0 bridgehead atoms. The molecule has 1 fully saturated rings. The molecule has 0 aromatic carbocycles. The number of nitrogens with zero attached hydrogens (tertiary/aromatic N) is 3. The van der Waals surface area contributed by atoms with Gasteiger partial charge >= 0.3 is 0 Å². The van der Waals surface area contributed by atoms with Gasteiger partial charge in [0, 0.05) is 19.3 Å². The molecule has 18 heavy (non-hydrogen) atoms. The number of hydrogen-bond donors (Lipinski definition) is 2.